The Morgan fingerprint density at radius 2 is 1.76 bits per heavy atom. The van der Waals surface area contributed by atoms with Crippen molar-refractivity contribution in [3.8, 4) is 11.1 Å². The lowest BCUT2D eigenvalue weighted by Crippen LogP contribution is -2.43. The lowest BCUT2D eigenvalue weighted by molar-refractivity contribution is 0.516. The predicted octanol–water partition coefficient (Wildman–Crippen LogP) is 4.13. The number of piperazine rings is 1. The average molecular weight is 497 g/mol. The molecule has 9 heteroatoms. The number of rotatable bonds is 5. The average Bonchev–Trinajstić information content (AvgIpc) is 3.45. The first-order valence-electron chi connectivity index (χ1n) is 13.1. The van der Waals surface area contributed by atoms with Gasteiger partial charge >= 0.3 is 0 Å². The molecule has 1 saturated heterocycles. The monoisotopic (exact) mass is 496 g/mol. The van der Waals surface area contributed by atoms with Crippen molar-refractivity contribution in [1.29, 1.82) is 0 Å². The maximum Gasteiger partial charge on any atom is 0.260 e. The Balaban J connectivity index is 1.39. The molecular formula is C28H32N8O. The number of hydrogen-bond donors (Lipinski definition) is 2. The molecule has 0 radical (unpaired) electrons. The van der Waals surface area contributed by atoms with E-state index >= 15 is 0 Å². The van der Waals surface area contributed by atoms with Crippen LogP contribution in [0.15, 0.2) is 47.7 Å². The highest BCUT2D eigenvalue weighted by Gasteiger charge is 2.25. The number of nitrogens with one attached hydrogen (secondary N) is 2. The van der Waals surface area contributed by atoms with Crippen molar-refractivity contribution >= 4 is 28.5 Å². The zero-order valence-electron chi connectivity index (χ0n) is 21.4. The van der Waals surface area contributed by atoms with Crippen LogP contribution in [0.4, 0.5) is 17.5 Å². The molecule has 1 saturated carbocycles. The maximum absolute atomic E-state index is 14.0. The highest BCUT2D eigenvalue weighted by Crippen LogP contribution is 2.34. The summed E-state index contributed by atoms with van der Waals surface area (Å²) in [4.78, 5) is 34.8. The Morgan fingerprint density at radius 3 is 2.46 bits per heavy atom. The lowest BCUT2D eigenvalue weighted by atomic mass is 10.0. The number of aromatic nitrogens is 5. The van der Waals surface area contributed by atoms with E-state index in [-0.39, 0.29) is 11.6 Å². The molecule has 5 heterocycles. The standard InChI is InChI=1S/C28H32N8O/c1-18-7-8-20(15-30-18)25-19(2)23-17-32-28(34-26(23)36(27(25)37)21-5-3-4-6-21)33-24-10-9-22(16-31-24)35-13-11-29-12-14-35/h7-10,15-17,21,29H,3-6,11-14H2,1-2H3,(H,31,32,33,34). The summed E-state index contributed by atoms with van der Waals surface area (Å²) < 4.78 is 1.90. The first-order valence-corrected chi connectivity index (χ1v) is 13.1. The Bertz CT molecular complexity index is 1470. The zero-order chi connectivity index (χ0) is 25.4. The number of fused-ring (bicyclic) bond motifs is 1. The molecule has 0 spiro atoms. The van der Waals surface area contributed by atoms with E-state index < -0.39 is 0 Å². The van der Waals surface area contributed by atoms with Gasteiger partial charge in [0.1, 0.15) is 11.5 Å². The van der Waals surface area contributed by atoms with E-state index in [9.17, 15) is 4.79 Å². The van der Waals surface area contributed by atoms with E-state index in [0.717, 1.165) is 79.8 Å². The SMILES string of the molecule is Cc1ccc(-c2c(C)c3cnc(Nc4ccc(N5CCNCC5)cn4)nc3n(C3CCCC3)c2=O)cn1. The summed E-state index contributed by atoms with van der Waals surface area (Å²) in [7, 11) is 0. The molecule has 1 aliphatic heterocycles. The van der Waals surface area contributed by atoms with Crippen LogP contribution >= 0.6 is 0 Å². The van der Waals surface area contributed by atoms with Gasteiger partial charge < -0.3 is 15.5 Å². The fourth-order valence-electron chi connectivity index (χ4n) is 5.53. The van der Waals surface area contributed by atoms with E-state index in [1.165, 1.54) is 0 Å². The molecule has 2 fully saturated rings. The molecule has 2 aliphatic rings. The highest BCUT2D eigenvalue weighted by molar-refractivity contribution is 5.86. The van der Waals surface area contributed by atoms with E-state index in [2.05, 4.69) is 36.6 Å². The number of pyridine rings is 3. The molecule has 0 unspecified atom stereocenters. The number of anilines is 3. The first-order chi connectivity index (χ1) is 18.1. The zero-order valence-corrected chi connectivity index (χ0v) is 21.4. The fraction of sp³-hybridized carbons (Fsp3) is 0.393. The van der Waals surface area contributed by atoms with Crippen molar-refractivity contribution in [1.82, 2.24) is 29.8 Å². The van der Waals surface area contributed by atoms with Crippen LogP contribution in [0.5, 0.6) is 0 Å². The quantitative estimate of drug-likeness (QED) is 0.425. The third kappa shape index (κ3) is 4.55. The number of hydrogen-bond acceptors (Lipinski definition) is 8. The Kier molecular flexibility index (Phi) is 6.30. The molecule has 9 nitrogen and oxygen atoms in total. The summed E-state index contributed by atoms with van der Waals surface area (Å²) in [5.41, 5.74) is 5.09. The van der Waals surface area contributed by atoms with Gasteiger partial charge in [0.2, 0.25) is 5.95 Å². The van der Waals surface area contributed by atoms with Crippen molar-refractivity contribution in [2.75, 3.05) is 36.4 Å². The molecule has 1 aliphatic carbocycles. The van der Waals surface area contributed by atoms with Crippen molar-refractivity contribution in [3.63, 3.8) is 0 Å². The predicted molar refractivity (Wildman–Crippen MR) is 147 cm³/mol. The minimum absolute atomic E-state index is 0.00861. The van der Waals surface area contributed by atoms with Crippen LogP contribution in [-0.2, 0) is 0 Å². The lowest BCUT2D eigenvalue weighted by Gasteiger charge is -2.29. The minimum atomic E-state index is -0.00861. The molecule has 0 aromatic carbocycles. The van der Waals surface area contributed by atoms with Gasteiger partial charge in [0.05, 0.1) is 17.4 Å². The minimum Gasteiger partial charge on any atom is -0.368 e. The molecule has 2 N–H and O–H groups in total. The third-order valence-corrected chi connectivity index (χ3v) is 7.57. The summed E-state index contributed by atoms with van der Waals surface area (Å²) in [5, 5.41) is 7.50. The molecule has 37 heavy (non-hydrogen) atoms. The third-order valence-electron chi connectivity index (χ3n) is 7.57. The fourth-order valence-corrected chi connectivity index (χ4v) is 5.53. The van der Waals surface area contributed by atoms with Crippen LogP contribution in [0, 0.1) is 13.8 Å². The van der Waals surface area contributed by atoms with Gasteiger partial charge in [0.15, 0.2) is 0 Å². The van der Waals surface area contributed by atoms with Gasteiger partial charge in [0, 0.05) is 61.3 Å². The molecule has 4 aromatic heterocycles. The molecular weight excluding hydrogens is 464 g/mol. The van der Waals surface area contributed by atoms with Crippen molar-refractivity contribution in [3.05, 3.63) is 64.5 Å². The van der Waals surface area contributed by atoms with Gasteiger partial charge in [-0.15, -0.1) is 0 Å². The normalized spacial score (nSPS) is 16.4. The van der Waals surface area contributed by atoms with Gasteiger partial charge in [-0.05, 0) is 50.5 Å². The van der Waals surface area contributed by atoms with Crippen LogP contribution in [0.1, 0.15) is 43.0 Å². The summed E-state index contributed by atoms with van der Waals surface area (Å²) in [6.45, 7) is 7.83. The molecule has 4 aromatic rings. The smallest absolute Gasteiger partial charge is 0.260 e. The van der Waals surface area contributed by atoms with Gasteiger partial charge in [-0.2, -0.15) is 4.98 Å². The van der Waals surface area contributed by atoms with Gasteiger partial charge in [-0.3, -0.25) is 14.3 Å². The van der Waals surface area contributed by atoms with E-state index in [1.807, 2.05) is 49.0 Å². The topological polar surface area (TPSA) is 101 Å². The van der Waals surface area contributed by atoms with Gasteiger partial charge in [-0.25, -0.2) is 9.97 Å². The van der Waals surface area contributed by atoms with Crippen molar-refractivity contribution in [2.24, 2.45) is 0 Å². The second-order valence-corrected chi connectivity index (χ2v) is 10.00. The molecule has 0 atom stereocenters. The number of aryl methyl sites for hydroxylation is 2. The molecule has 190 valence electrons. The first kappa shape index (κ1) is 23.5. The van der Waals surface area contributed by atoms with Gasteiger partial charge in [-0.1, -0.05) is 18.9 Å². The summed E-state index contributed by atoms with van der Waals surface area (Å²) >= 11 is 0. The van der Waals surface area contributed by atoms with Crippen LogP contribution < -0.4 is 21.1 Å². The number of nitrogens with zero attached hydrogens (tertiary/aromatic N) is 6. The molecule has 0 bridgehead atoms. The maximum atomic E-state index is 14.0. The Morgan fingerprint density at radius 1 is 0.946 bits per heavy atom. The summed E-state index contributed by atoms with van der Waals surface area (Å²) in [5.74, 6) is 1.11. The van der Waals surface area contributed by atoms with Crippen LogP contribution in [0.3, 0.4) is 0 Å². The Hall–Kier alpha value is -3.85. The summed E-state index contributed by atoms with van der Waals surface area (Å²) in [6, 6.07) is 8.08. The Labute approximate surface area is 216 Å². The van der Waals surface area contributed by atoms with Crippen LogP contribution in [0.25, 0.3) is 22.2 Å². The van der Waals surface area contributed by atoms with Crippen molar-refractivity contribution in [2.45, 2.75) is 45.6 Å². The van der Waals surface area contributed by atoms with E-state index in [0.29, 0.717) is 23.0 Å². The van der Waals surface area contributed by atoms with Crippen LogP contribution in [0.2, 0.25) is 0 Å². The second-order valence-electron chi connectivity index (χ2n) is 10.00. The molecule has 6 rings (SSSR count). The summed E-state index contributed by atoms with van der Waals surface area (Å²) in [6.07, 6.45) is 9.69. The highest BCUT2D eigenvalue weighted by atomic mass is 16.1. The largest absolute Gasteiger partial charge is 0.368 e. The second kappa shape index (κ2) is 9.89. The van der Waals surface area contributed by atoms with Crippen LogP contribution in [-0.4, -0.2) is 50.7 Å². The van der Waals surface area contributed by atoms with E-state index in [1.54, 1.807) is 6.20 Å². The van der Waals surface area contributed by atoms with Crippen molar-refractivity contribution < 1.29 is 0 Å². The molecule has 0 amide bonds. The van der Waals surface area contributed by atoms with Gasteiger partial charge in [0.25, 0.3) is 5.56 Å². The van der Waals surface area contributed by atoms with E-state index in [4.69, 9.17) is 4.98 Å².